The SMILES string of the molecule is COc1cc(CNCc2nncn2-c2ccccc2)cc(OC)c1. The molecule has 24 heavy (non-hydrogen) atoms. The molecule has 0 amide bonds. The molecular weight excluding hydrogens is 304 g/mol. The minimum atomic E-state index is 0.606. The van der Waals surface area contributed by atoms with Crippen LogP contribution in [0.5, 0.6) is 11.5 Å². The van der Waals surface area contributed by atoms with Crippen molar-refractivity contribution in [1.29, 1.82) is 0 Å². The van der Waals surface area contributed by atoms with Crippen molar-refractivity contribution in [3.8, 4) is 17.2 Å². The van der Waals surface area contributed by atoms with E-state index in [2.05, 4.69) is 15.5 Å². The first-order valence-electron chi connectivity index (χ1n) is 7.67. The Hall–Kier alpha value is -2.86. The number of aromatic nitrogens is 3. The number of hydrogen-bond acceptors (Lipinski definition) is 5. The third-order valence-corrected chi connectivity index (χ3v) is 3.68. The highest BCUT2D eigenvalue weighted by Crippen LogP contribution is 2.22. The molecule has 0 aliphatic rings. The van der Waals surface area contributed by atoms with Gasteiger partial charge >= 0.3 is 0 Å². The lowest BCUT2D eigenvalue weighted by Crippen LogP contribution is -2.16. The molecule has 0 spiro atoms. The minimum Gasteiger partial charge on any atom is -0.497 e. The number of methoxy groups -OCH3 is 2. The van der Waals surface area contributed by atoms with Gasteiger partial charge in [-0.05, 0) is 29.8 Å². The van der Waals surface area contributed by atoms with E-state index < -0.39 is 0 Å². The Morgan fingerprint density at radius 3 is 2.33 bits per heavy atom. The third kappa shape index (κ3) is 3.72. The Morgan fingerprint density at radius 1 is 0.958 bits per heavy atom. The van der Waals surface area contributed by atoms with Gasteiger partial charge in [0.2, 0.25) is 0 Å². The normalized spacial score (nSPS) is 10.6. The van der Waals surface area contributed by atoms with E-state index in [0.717, 1.165) is 28.6 Å². The molecule has 0 saturated carbocycles. The first kappa shape index (κ1) is 16.0. The molecule has 0 aliphatic heterocycles. The van der Waals surface area contributed by atoms with Crippen molar-refractivity contribution in [1.82, 2.24) is 20.1 Å². The zero-order valence-electron chi connectivity index (χ0n) is 13.8. The predicted octanol–water partition coefficient (Wildman–Crippen LogP) is 2.57. The summed E-state index contributed by atoms with van der Waals surface area (Å²) in [6, 6.07) is 15.9. The summed E-state index contributed by atoms with van der Waals surface area (Å²) in [6.07, 6.45) is 1.72. The first-order chi connectivity index (χ1) is 11.8. The Balaban J connectivity index is 1.67. The molecule has 0 saturated heterocycles. The standard InChI is InChI=1S/C18H20N4O2/c1-23-16-8-14(9-17(10-16)24-2)11-19-12-18-21-20-13-22(18)15-6-4-3-5-7-15/h3-10,13,19H,11-12H2,1-2H3. The molecule has 0 bridgehead atoms. The van der Waals surface area contributed by atoms with Crippen LogP contribution in [0.2, 0.25) is 0 Å². The lowest BCUT2D eigenvalue weighted by atomic mass is 10.2. The van der Waals surface area contributed by atoms with Gasteiger partial charge in [0, 0.05) is 18.3 Å². The van der Waals surface area contributed by atoms with E-state index in [1.165, 1.54) is 0 Å². The molecule has 0 radical (unpaired) electrons. The summed E-state index contributed by atoms with van der Waals surface area (Å²) < 4.78 is 12.6. The van der Waals surface area contributed by atoms with E-state index in [1.54, 1.807) is 20.5 Å². The van der Waals surface area contributed by atoms with E-state index >= 15 is 0 Å². The monoisotopic (exact) mass is 324 g/mol. The number of benzene rings is 2. The van der Waals surface area contributed by atoms with Crippen LogP contribution < -0.4 is 14.8 Å². The van der Waals surface area contributed by atoms with Gasteiger partial charge < -0.3 is 14.8 Å². The topological polar surface area (TPSA) is 61.2 Å². The van der Waals surface area contributed by atoms with Crippen LogP contribution in [0.4, 0.5) is 0 Å². The van der Waals surface area contributed by atoms with Gasteiger partial charge in [-0.1, -0.05) is 18.2 Å². The Bertz CT molecular complexity index is 764. The lowest BCUT2D eigenvalue weighted by molar-refractivity contribution is 0.393. The van der Waals surface area contributed by atoms with Gasteiger partial charge in [0.15, 0.2) is 5.82 Å². The number of hydrogen-bond donors (Lipinski definition) is 1. The number of rotatable bonds is 7. The molecule has 6 nitrogen and oxygen atoms in total. The fraction of sp³-hybridized carbons (Fsp3) is 0.222. The fourth-order valence-electron chi connectivity index (χ4n) is 2.47. The minimum absolute atomic E-state index is 0.606. The van der Waals surface area contributed by atoms with E-state index in [4.69, 9.17) is 9.47 Å². The van der Waals surface area contributed by atoms with Gasteiger partial charge in [-0.15, -0.1) is 10.2 Å². The van der Waals surface area contributed by atoms with E-state index in [0.29, 0.717) is 13.1 Å². The van der Waals surface area contributed by atoms with Crippen LogP contribution in [0.3, 0.4) is 0 Å². The molecule has 1 N–H and O–H groups in total. The van der Waals surface area contributed by atoms with Gasteiger partial charge in [0.1, 0.15) is 17.8 Å². The molecule has 2 aromatic carbocycles. The zero-order chi connectivity index (χ0) is 16.8. The second-order valence-corrected chi connectivity index (χ2v) is 5.28. The van der Waals surface area contributed by atoms with Crippen LogP contribution in [0.15, 0.2) is 54.9 Å². The van der Waals surface area contributed by atoms with Crippen LogP contribution in [-0.4, -0.2) is 29.0 Å². The summed E-state index contributed by atoms with van der Waals surface area (Å²) in [7, 11) is 3.29. The van der Waals surface area contributed by atoms with Crippen molar-refractivity contribution < 1.29 is 9.47 Å². The summed E-state index contributed by atoms with van der Waals surface area (Å²) >= 11 is 0. The first-order valence-corrected chi connectivity index (χ1v) is 7.67. The number of nitrogens with zero attached hydrogens (tertiary/aromatic N) is 3. The molecule has 0 unspecified atom stereocenters. The summed E-state index contributed by atoms with van der Waals surface area (Å²) in [4.78, 5) is 0. The van der Waals surface area contributed by atoms with Crippen LogP contribution in [0, 0.1) is 0 Å². The second-order valence-electron chi connectivity index (χ2n) is 5.28. The number of nitrogens with one attached hydrogen (secondary N) is 1. The van der Waals surface area contributed by atoms with Gasteiger partial charge in [-0.2, -0.15) is 0 Å². The van der Waals surface area contributed by atoms with Crippen molar-refractivity contribution >= 4 is 0 Å². The highest BCUT2D eigenvalue weighted by atomic mass is 16.5. The van der Waals surface area contributed by atoms with Crippen molar-refractivity contribution in [2.75, 3.05) is 14.2 Å². The summed E-state index contributed by atoms with van der Waals surface area (Å²) in [5.41, 5.74) is 2.12. The van der Waals surface area contributed by atoms with Crippen LogP contribution >= 0.6 is 0 Å². The Labute approximate surface area is 141 Å². The molecule has 1 heterocycles. The molecule has 0 aliphatic carbocycles. The van der Waals surface area contributed by atoms with Crippen molar-refractivity contribution in [2.24, 2.45) is 0 Å². The summed E-state index contributed by atoms with van der Waals surface area (Å²) in [5, 5.41) is 11.6. The number of ether oxygens (including phenoxy) is 2. The summed E-state index contributed by atoms with van der Waals surface area (Å²) in [6.45, 7) is 1.28. The highest BCUT2D eigenvalue weighted by Gasteiger charge is 2.06. The highest BCUT2D eigenvalue weighted by molar-refractivity contribution is 5.38. The van der Waals surface area contributed by atoms with Crippen LogP contribution in [-0.2, 0) is 13.1 Å². The van der Waals surface area contributed by atoms with E-state index in [1.807, 2.05) is 53.1 Å². The summed E-state index contributed by atoms with van der Waals surface area (Å²) in [5.74, 6) is 2.41. The molecular formula is C18H20N4O2. The van der Waals surface area contributed by atoms with Crippen molar-refractivity contribution in [3.63, 3.8) is 0 Å². The van der Waals surface area contributed by atoms with Gasteiger partial charge in [0.05, 0.1) is 20.8 Å². The largest absolute Gasteiger partial charge is 0.497 e. The molecule has 3 aromatic rings. The van der Waals surface area contributed by atoms with E-state index in [-0.39, 0.29) is 0 Å². The maximum absolute atomic E-state index is 5.29. The van der Waals surface area contributed by atoms with Crippen LogP contribution in [0.25, 0.3) is 5.69 Å². The fourth-order valence-corrected chi connectivity index (χ4v) is 2.47. The Kier molecular flexibility index (Phi) is 5.08. The maximum atomic E-state index is 5.29. The predicted molar refractivity (Wildman–Crippen MR) is 91.4 cm³/mol. The second kappa shape index (κ2) is 7.61. The number of para-hydroxylation sites is 1. The average molecular weight is 324 g/mol. The average Bonchev–Trinajstić information content (AvgIpc) is 3.10. The van der Waals surface area contributed by atoms with Gasteiger partial charge in [-0.3, -0.25) is 4.57 Å². The third-order valence-electron chi connectivity index (χ3n) is 3.68. The maximum Gasteiger partial charge on any atom is 0.151 e. The molecule has 3 rings (SSSR count). The molecule has 1 aromatic heterocycles. The van der Waals surface area contributed by atoms with Crippen molar-refractivity contribution in [3.05, 3.63) is 66.2 Å². The van der Waals surface area contributed by atoms with Crippen molar-refractivity contribution in [2.45, 2.75) is 13.1 Å². The zero-order valence-corrected chi connectivity index (χ0v) is 13.8. The lowest BCUT2D eigenvalue weighted by Gasteiger charge is -2.10. The van der Waals surface area contributed by atoms with Gasteiger partial charge in [-0.25, -0.2) is 0 Å². The molecule has 124 valence electrons. The van der Waals surface area contributed by atoms with Crippen LogP contribution in [0.1, 0.15) is 11.4 Å². The molecule has 6 heteroatoms. The molecule has 0 atom stereocenters. The Morgan fingerprint density at radius 2 is 1.67 bits per heavy atom. The quantitative estimate of drug-likeness (QED) is 0.724. The van der Waals surface area contributed by atoms with E-state index in [9.17, 15) is 0 Å². The van der Waals surface area contributed by atoms with Gasteiger partial charge in [0.25, 0.3) is 0 Å². The smallest absolute Gasteiger partial charge is 0.151 e. The molecule has 0 fully saturated rings.